The van der Waals surface area contributed by atoms with Gasteiger partial charge in [0.1, 0.15) is 6.79 Å². The number of thiazole rings is 1. The molecule has 0 radical (unpaired) electrons. The van der Waals surface area contributed by atoms with Gasteiger partial charge in [-0.15, -0.1) is 11.3 Å². The second-order valence-electron chi connectivity index (χ2n) is 11.4. The van der Waals surface area contributed by atoms with Crippen molar-refractivity contribution in [1.29, 1.82) is 0 Å². The van der Waals surface area contributed by atoms with Gasteiger partial charge in [-0.3, -0.25) is 0 Å². The van der Waals surface area contributed by atoms with E-state index in [0.717, 1.165) is 54.8 Å². The minimum Gasteiger partial charge on any atom is -0.359 e. The second kappa shape index (κ2) is 12.5. The average molecular weight is 610 g/mol. The molecule has 224 valence electrons. The van der Waals surface area contributed by atoms with Crippen molar-refractivity contribution in [2.45, 2.75) is 87.5 Å². The van der Waals surface area contributed by atoms with Gasteiger partial charge in [-0.05, 0) is 80.2 Å². The van der Waals surface area contributed by atoms with Gasteiger partial charge >= 0.3 is 12.4 Å². The van der Waals surface area contributed by atoms with Crippen molar-refractivity contribution >= 4 is 33.3 Å². The highest BCUT2D eigenvalue weighted by atomic mass is 32.2. The van der Waals surface area contributed by atoms with Crippen molar-refractivity contribution in [3.05, 3.63) is 35.9 Å². The third-order valence-corrected chi connectivity index (χ3v) is 11.2. The molecule has 0 aliphatic heterocycles. The molecule has 0 spiro atoms. The predicted octanol–water partition coefficient (Wildman–Crippen LogP) is 9.82. The SMILES string of the molecule is COCOC(CCC[C@@H](C)[C@H]1CC[C@H]2C(=CCSc3nc4ccccc4s3)CCC[C@]12C)(C(F)(F)F)C(F)(F)F. The van der Waals surface area contributed by atoms with Gasteiger partial charge in [0.25, 0.3) is 5.60 Å². The van der Waals surface area contributed by atoms with Gasteiger partial charge < -0.3 is 9.47 Å². The van der Waals surface area contributed by atoms with E-state index in [1.54, 1.807) is 23.1 Å². The summed E-state index contributed by atoms with van der Waals surface area (Å²) in [7, 11) is 1.00. The molecule has 3 nitrogen and oxygen atoms in total. The number of ether oxygens (including phenoxy) is 2. The molecule has 2 aliphatic carbocycles. The zero-order chi connectivity index (χ0) is 29.2. The van der Waals surface area contributed by atoms with Crippen LogP contribution in [0, 0.1) is 23.2 Å². The highest BCUT2D eigenvalue weighted by Crippen LogP contribution is 2.60. The summed E-state index contributed by atoms with van der Waals surface area (Å²) in [6.07, 6.45) is -4.91. The first-order valence-corrected chi connectivity index (χ1v) is 15.6. The van der Waals surface area contributed by atoms with Crippen molar-refractivity contribution in [3.63, 3.8) is 0 Å². The molecule has 0 N–H and O–H groups in total. The van der Waals surface area contributed by atoms with Crippen molar-refractivity contribution in [2.24, 2.45) is 23.2 Å². The fraction of sp³-hybridized carbons (Fsp3) is 0.690. The summed E-state index contributed by atoms with van der Waals surface area (Å²) in [6.45, 7) is 3.18. The molecule has 4 rings (SSSR count). The lowest BCUT2D eigenvalue weighted by molar-refractivity contribution is -0.394. The Kier molecular flexibility index (Phi) is 9.90. The first-order chi connectivity index (χ1) is 18.8. The normalized spacial score (nSPS) is 26.0. The van der Waals surface area contributed by atoms with Crippen LogP contribution in [0.15, 0.2) is 40.3 Å². The van der Waals surface area contributed by atoms with Crippen LogP contribution in [0.1, 0.15) is 65.2 Å². The van der Waals surface area contributed by atoms with E-state index in [-0.39, 0.29) is 30.1 Å². The Hall–Kier alpha value is -1.30. The topological polar surface area (TPSA) is 31.4 Å². The fourth-order valence-corrected chi connectivity index (χ4v) is 9.11. The van der Waals surface area contributed by atoms with Crippen molar-refractivity contribution < 1.29 is 35.8 Å². The molecule has 2 aromatic rings. The average Bonchev–Trinajstić information content (AvgIpc) is 3.45. The maximum absolute atomic E-state index is 13.7. The van der Waals surface area contributed by atoms with Gasteiger partial charge in [0.15, 0.2) is 4.34 Å². The smallest absolute Gasteiger partial charge is 0.359 e. The van der Waals surface area contributed by atoms with Gasteiger partial charge in [-0.25, -0.2) is 4.98 Å². The summed E-state index contributed by atoms with van der Waals surface area (Å²) in [5, 5.41) is 0. The Morgan fingerprint density at radius 1 is 1.15 bits per heavy atom. The predicted molar refractivity (Wildman–Crippen MR) is 147 cm³/mol. The summed E-state index contributed by atoms with van der Waals surface area (Å²) in [6, 6.07) is 8.08. The van der Waals surface area contributed by atoms with Crippen LogP contribution in [0.5, 0.6) is 0 Å². The third kappa shape index (κ3) is 6.37. The number of methoxy groups -OCH3 is 1. The molecule has 1 aromatic carbocycles. The summed E-state index contributed by atoms with van der Waals surface area (Å²) >= 11 is 3.42. The number of alkyl halides is 6. The van der Waals surface area contributed by atoms with E-state index in [4.69, 9.17) is 4.98 Å². The number of fused-ring (bicyclic) bond motifs is 2. The van der Waals surface area contributed by atoms with E-state index in [2.05, 4.69) is 28.5 Å². The number of allylic oxidation sites excluding steroid dienone is 1. The molecule has 0 unspecified atom stereocenters. The Bertz CT molecular complexity index is 1120. The fourth-order valence-electron chi connectivity index (χ4n) is 7.11. The molecule has 2 saturated carbocycles. The minimum absolute atomic E-state index is 0.00171. The van der Waals surface area contributed by atoms with Gasteiger partial charge in [0, 0.05) is 12.9 Å². The van der Waals surface area contributed by atoms with E-state index in [9.17, 15) is 26.3 Å². The van der Waals surface area contributed by atoms with Crippen LogP contribution in [-0.4, -0.2) is 42.6 Å². The van der Waals surface area contributed by atoms with Crippen LogP contribution in [0.4, 0.5) is 26.3 Å². The molecular formula is C29H37F6NO2S2. The van der Waals surface area contributed by atoms with Crippen LogP contribution in [-0.2, 0) is 9.47 Å². The zero-order valence-corrected chi connectivity index (χ0v) is 24.7. The monoisotopic (exact) mass is 609 g/mol. The lowest BCUT2D eigenvalue weighted by Gasteiger charge is -2.44. The maximum Gasteiger partial charge on any atom is 0.426 e. The molecule has 0 amide bonds. The maximum atomic E-state index is 13.7. The van der Waals surface area contributed by atoms with Gasteiger partial charge in [-0.2, -0.15) is 26.3 Å². The van der Waals surface area contributed by atoms with Crippen LogP contribution >= 0.6 is 23.1 Å². The Balaban J connectivity index is 1.38. The first kappa shape index (κ1) is 31.6. The highest BCUT2D eigenvalue weighted by molar-refractivity contribution is 8.01. The largest absolute Gasteiger partial charge is 0.426 e. The first-order valence-electron chi connectivity index (χ1n) is 13.8. The van der Waals surface area contributed by atoms with Crippen molar-refractivity contribution in [2.75, 3.05) is 19.7 Å². The van der Waals surface area contributed by atoms with Crippen LogP contribution < -0.4 is 0 Å². The molecule has 2 fully saturated rings. The van der Waals surface area contributed by atoms with Crippen LogP contribution in [0.3, 0.4) is 0 Å². The minimum atomic E-state index is -5.59. The van der Waals surface area contributed by atoms with Gasteiger partial charge in [-0.1, -0.05) is 55.8 Å². The van der Waals surface area contributed by atoms with E-state index in [0.29, 0.717) is 5.92 Å². The number of para-hydroxylation sites is 1. The van der Waals surface area contributed by atoms with Crippen molar-refractivity contribution in [1.82, 2.24) is 4.98 Å². The van der Waals surface area contributed by atoms with E-state index >= 15 is 0 Å². The number of aromatic nitrogens is 1. The summed E-state index contributed by atoms with van der Waals surface area (Å²) in [5.41, 5.74) is -1.77. The standard InChI is InChI=1S/C29H37F6NO2S2/c1-19(8-6-16-27(28(30,31)32,29(33,34)35)38-18-37-3)21-12-13-22-20(9-7-15-26(21,22)2)14-17-39-25-36-23-10-4-5-11-24(23)40-25/h4-5,10-11,14,19,21-22H,6-9,12-13,15-18H2,1-3H3/t19-,21-,22+,26-/m1/s1. The summed E-state index contributed by atoms with van der Waals surface area (Å²) in [5.74, 6) is 1.50. The Morgan fingerprint density at radius 3 is 2.55 bits per heavy atom. The Labute approximate surface area is 240 Å². The number of hydrogen-bond acceptors (Lipinski definition) is 5. The van der Waals surface area contributed by atoms with E-state index < -0.39 is 31.2 Å². The zero-order valence-electron chi connectivity index (χ0n) is 23.0. The lowest BCUT2D eigenvalue weighted by Crippen LogP contribution is -2.59. The number of hydrogen-bond donors (Lipinski definition) is 0. The molecule has 4 atom stereocenters. The van der Waals surface area contributed by atoms with Gasteiger partial charge in [0.05, 0.1) is 10.2 Å². The van der Waals surface area contributed by atoms with E-state index in [1.165, 1.54) is 10.3 Å². The summed E-state index contributed by atoms with van der Waals surface area (Å²) in [4.78, 5) is 4.70. The summed E-state index contributed by atoms with van der Waals surface area (Å²) < 4.78 is 93.1. The van der Waals surface area contributed by atoms with Gasteiger partial charge in [0.2, 0.25) is 0 Å². The van der Waals surface area contributed by atoms with Crippen LogP contribution in [0.25, 0.3) is 10.2 Å². The third-order valence-electron chi connectivity index (χ3n) is 9.08. The molecule has 0 bridgehead atoms. The molecule has 1 heterocycles. The molecule has 1 aromatic heterocycles. The van der Waals surface area contributed by atoms with Crippen molar-refractivity contribution in [3.8, 4) is 0 Å². The number of rotatable bonds is 11. The molecule has 2 aliphatic rings. The quantitative estimate of drug-likeness (QED) is 0.110. The number of halogens is 6. The Morgan fingerprint density at radius 2 is 1.88 bits per heavy atom. The number of thioether (sulfide) groups is 1. The molecule has 11 heteroatoms. The lowest BCUT2D eigenvalue weighted by atomic mass is 9.60. The van der Waals surface area contributed by atoms with Crippen LogP contribution in [0.2, 0.25) is 0 Å². The van der Waals surface area contributed by atoms with E-state index in [1.807, 2.05) is 25.1 Å². The molecule has 40 heavy (non-hydrogen) atoms. The molecule has 0 saturated heterocycles. The highest BCUT2D eigenvalue weighted by Gasteiger charge is 2.71. The number of nitrogens with zero attached hydrogens (tertiary/aromatic N) is 1. The molecular weight excluding hydrogens is 572 g/mol. The second-order valence-corrected chi connectivity index (χ2v) is 13.7. The number of benzene rings is 1.